The second kappa shape index (κ2) is 2.83. The average molecular weight is 189 g/mol. The van der Waals surface area contributed by atoms with Crippen molar-refractivity contribution >= 4 is 10.3 Å². The molecule has 2 unspecified atom stereocenters. The Bertz CT molecular complexity index is 296. The van der Waals surface area contributed by atoms with Gasteiger partial charge in [-0.05, 0) is 12.8 Å². The van der Waals surface area contributed by atoms with Crippen LogP contribution in [0.1, 0.15) is 12.8 Å². The maximum atomic E-state index is 10.9. The highest BCUT2D eigenvalue weighted by Crippen LogP contribution is 2.23. The van der Waals surface area contributed by atoms with Crippen LogP contribution in [-0.2, 0) is 14.5 Å². The molecule has 1 N–H and O–H groups in total. The molecule has 0 amide bonds. The first-order valence-electron chi connectivity index (χ1n) is 4.01. The van der Waals surface area contributed by atoms with Crippen LogP contribution < -0.4 is 4.72 Å². The van der Waals surface area contributed by atoms with Crippen LogP contribution >= 0.6 is 0 Å². The predicted molar refractivity (Wildman–Crippen MR) is 43.7 cm³/mol. The van der Waals surface area contributed by atoms with Gasteiger partial charge in [0.2, 0.25) is 0 Å². The van der Waals surface area contributed by atoms with Crippen LogP contribution in [0.2, 0.25) is 0 Å². The van der Waals surface area contributed by atoms with Crippen LogP contribution in [0.5, 0.6) is 0 Å². The average Bonchev–Trinajstić information content (AvgIpc) is 2.02. The fraction of sp³-hybridized carbons (Fsp3) is 0.714. The van der Waals surface area contributed by atoms with Crippen molar-refractivity contribution in [2.24, 2.45) is 5.92 Å². The summed E-state index contributed by atoms with van der Waals surface area (Å²) >= 11 is 0. The van der Waals surface area contributed by atoms with Crippen molar-refractivity contribution in [1.82, 2.24) is 4.72 Å². The van der Waals surface area contributed by atoms with E-state index in [1.807, 2.05) is 12.2 Å². The van der Waals surface area contributed by atoms with E-state index >= 15 is 0 Å². The maximum absolute atomic E-state index is 10.9. The zero-order valence-corrected chi connectivity index (χ0v) is 7.38. The summed E-state index contributed by atoms with van der Waals surface area (Å²) in [4.78, 5) is 0. The van der Waals surface area contributed by atoms with Gasteiger partial charge in [-0.1, -0.05) is 12.2 Å². The van der Waals surface area contributed by atoms with E-state index in [0.717, 1.165) is 12.8 Å². The third kappa shape index (κ3) is 1.53. The zero-order valence-electron chi connectivity index (χ0n) is 6.56. The Morgan fingerprint density at radius 3 is 3.17 bits per heavy atom. The molecule has 1 aliphatic heterocycles. The molecule has 1 saturated heterocycles. The van der Waals surface area contributed by atoms with E-state index in [1.54, 1.807) is 0 Å². The molecule has 1 heterocycles. The quantitative estimate of drug-likeness (QED) is 0.553. The normalized spacial score (nSPS) is 39.0. The summed E-state index contributed by atoms with van der Waals surface area (Å²) in [6, 6.07) is -0.0440. The first-order valence-corrected chi connectivity index (χ1v) is 5.41. The van der Waals surface area contributed by atoms with Crippen molar-refractivity contribution < 1.29 is 12.6 Å². The Kier molecular flexibility index (Phi) is 1.94. The smallest absolute Gasteiger partial charge is 0.258 e. The van der Waals surface area contributed by atoms with Gasteiger partial charge in [0.1, 0.15) is 0 Å². The fourth-order valence-electron chi connectivity index (χ4n) is 1.59. The molecule has 0 aromatic rings. The minimum atomic E-state index is -3.45. The first-order chi connectivity index (χ1) is 5.67. The van der Waals surface area contributed by atoms with Gasteiger partial charge in [0.25, 0.3) is 0 Å². The Labute approximate surface area is 71.9 Å². The summed E-state index contributed by atoms with van der Waals surface area (Å²) in [6.07, 6.45) is 5.94. The molecule has 1 aliphatic carbocycles. The van der Waals surface area contributed by atoms with Gasteiger partial charge in [-0.3, -0.25) is 4.18 Å². The number of hydrogen-bond donors (Lipinski definition) is 1. The van der Waals surface area contributed by atoms with Gasteiger partial charge in [-0.2, -0.15) is 13.1 Å². The van der Waals surface area contributed by atoms with Crippen LogP contribution in [0.3, 0.4) is 0 Å². The molecule has 1 fully saturated rings. The van der Waals surface area contributed by atoms with Crippen LogP contribution in [0.4, 0.5) is 0 Å². The highest BCUT2D eigenvalue weighted by Gasteiger charge is 2.32. The Balaban J connectivity index is 2.18. The number of nitrogens with one attached hydrogen (secondary N) is 1. The number of hydrogen-bond acceptors (Lipinski definition) is 3. The van der Waals surface area contributed by atoms with E-state index in [-0.39, 0.29) is 6.04 Å². The molecule has 2 atom stereocenters. The monoisotopic (exact) mass is 189 g/mol. The van der Waals surface area contributed by atoms with E-state index in [4.69, 9.17) is 0 Å². The molecule has 68 valence electrons. The number of fused-ring (bicyclic) bond motifs is 1. The van der Waals surface area contributed by atoms with Crippen molar-refractivity contribution in [3.8, 4) is 0 Å². The summed E-state index contributed by atoms with van der Waals surface area (Å²) in [6.45, 7) is 0.324. The van der Waals surface area contributed by atoms with Gasteiger partial charge in [0.15, 0.2) is 0 Å². The lowest BCUT2D eigenvalue weighted by atomic mass is 9.91. The lowest BCUT2D eigenvalue weighted by molar-refractivity contribution is 0.190. The molecule has 0 bridgehead atoms. The first kappa shape index (κ1) is 8.22. The van der Waals surface area contributed by atoms with Gasteiger partial charge < -0.3 is 0 Å². The minimum Gasteiger partial charge on any atom is -0.258 e. The minimum absolute atomic E-state index is 0.0440. The van der Waals surface area contributed by atoms with Crippen LogP contribution in [0.15, 0.2) is 12.2 Å². The van der Waals surface area contributed by atoms with Crippen molar-refractivity contribution in [3.63, 3.8) is 0 Å². The molecule has 4 nitrogen and oxygen atoms in total. The van der Waals surface area contributed by atoms with E-state index < -0.39 is 10.3 Å². The van der Waals surface area contributed by atoms with Crippen LogP contribution in [0, 0.1) is 5.92 Å². The highest BCUT2D eigenvalue weighted by atomic mass is 32.2. The predicted octanol–water partition coefficient (Wildman–Crippen LogP) is 0.186. The molecule has 0 radical (unpaired) electrons. The summed E-state index contributed by atoms with van der Waals surface area (Å²) in [5.74, 6) is 0.318. The van der Waals surface area contributed by atoms with Gasteiger partial charge in [-0.15, -0.1) is 0 Å². The maximum Gasteiger partial charge on any atom is 0.336 e. The summed E-state index contributed by atoms with van der Waals surface area (Å²) in [7, 11) is -3.45. The molecular weight excluding hydrogens is 178 g/mol. The van der Waals surface area contributed by atoms with E-state index in [9.17, 15) is 8.42 Å². The Morgan fingerprint density at radius 2 is 2.33 bits per heavy atom. The van der Waals surface area contributed by atoms with Crippen LogP contribution in [-0.4, -0.2) is 21.1 Å². The topological polar surface area (TPSA) is 55.4 Å². The third-order valence-corrected chi connectivity index (χ3v) is 3.28. The molecular formula is C7H11NO3S. The molecule has 2 rings (SSSR count). The molecule has 0 aromatic heterocycles. The second-order valence-corrected chi connectivity index (χ2v) is 4.53. The standard InChI is InChI=1S/C7H11NO3S/c9-12(10)8-7-4-2-1-3-6(7)5-11-12/h2,4,6-8H,1,3,5H2. The SMILES string of the molecule is O=S1(=O)NC2C=CCCC2CO1. The molecule has 5 heteroatoms. The molecule has 0 saturated carbocycles. The van der Waals surface area contributed by atoms with Crippen LogP contribution in [0.25, 0.3) is 0 Å². The van der Waals surface area contributed by atoms with Gasteiger partial charge in [-0.25, -0.2) is 0 Å². The summed E-state index contributed by atoms with van der Waals surface area (Å²) < 4.78 is 29.0. The molecule has 0 aromatic carbocycles. The highest BCUT2D eigenvalue weighted by molar-refractivity contribution is 7.84. The van der Waals surface area contributed by atoms with Crippen molar-refractivity contribution in [2.75, 3.05) is 6.61 Å². The molecule has 2 aliphatic rings. The van der Waals surface area contributed by atoms with Crippen molar-refractivity contribution in [3.05, 3.63) is 12.2 Å². The van der Waals surface area contributed by atoms with Gasteiger partial charge >= 0.3 is 10.3 Å². The zero-order chi connectivity index (χ0) is 8.60. The third-order valence-electron chi connectivity index (χ3n) is 2.27. The number of allylic oxidation sites excluding steroid dienone is 1. The summed E-state index contributed by atoms with van der Waals surface area (Å²) in [5, 5.41) is 0. The second-order valence-electron chi connectivity index (χ2n) is 3.15. The summed E-state index contributed by atoms with van der Waals surface area (Å²) in [5.41, 5.74) is 0. The van der Waals surface area contributed by atoms with E-state index in [2.05, 4.69) is 8.91 Å². The Morgan fingerprint density at radius 1 is 1.50 bits per heavy atom. The molecule has 0 spiro atoms. The van der Waals surface area contributed by atoms with Gasteiger partial charge in [0.05, 0.1) is 6.61 Å². The lowest BCUT2D eigenvalue weighted by Crippen LogP contribution is -2.47. The fourth-order valence-corrected chi connectivity index (χ4v) is 2.62. The Hall–Kier alpha value is -0.390. The number of rotatable bonds is 0. The van der Waals surface area contributed by atoms with E-state index in [0.29, 0.717) is 12.5 Å². The van der Waals surface area contributed by atoms with Crippen molar-refractivity contribution in [2.45, 2.75) is 18.9 Å². The van der Waals surface area contributed by atoms with Gasteiger partial charge in [0, 0.05) is 12.0 Å². The lowest BCUT2D eigenvalue weighted by Gasteiger charge is -2.31. The molecule has 12 heavy (non-hydrogen) atoms. The van der Waals surface area contributed by atoms with E-state index in [1.165, 1.54) is 0 Å². The largest absolute Gasteiger partial charge is 0.336 e. The van der Waals surface area contributed by atoms with Crippen molar-refractivity contribution in [1.29, 1.82) is 0 Å².